The molecule has 0 saturated carbocycles. The molecule has 1 atom stereocenters. The van der Waals surface area contributed by atoms with Gasteiger partial charge in [0, 0.05) is 35.8 Å². The van der Waals surface area contributed by atoms with Gasteiger partial charge in [-0.25, -0.2) is 0 Å². The second-order valence-electron chi connectivity index (χ2n) is 4.72. The molecule has 2 nitrogen and oxygen atoms in total. The molecule has 0 aliphatic carbocycles. The number of hydrogen-bond donors (Lipinski definition) is 1. The fraction of sp³-hybridized carbons (Fsp3) is 0.467. The van der Waals surface area contributed by atoms with Crippen molar-refractivity contribution in [2.45, 2.75) is 18.9 Å². The molecule has 1 aliphatic rings. The third-order valence-electron chi connectivity index (χ3n) is 3.47. The van der Waals surface area contributed by atoms with E-state index in [4.69, 9.17) is 0 Å². The molecule has 1 N–H and O–H groups in total. The van der Waals surface area contributed by atoms with Crippen LogP contribution in [0, 0.1) is 3.57 Å². The number of allylic oxidation sites excluding steroid dienone is 1. The summed E-state index contributed by atoms with van der Waals surface area (Å²) in [6.45, 7) is 8.36. The van der Waals surface area contributed by atoms with Gasteiger partial charge in [-0.3, -0.25) is 4.90 Å². The number of piperazine rings is 1. The molecule has 0 unspecified atom stereocenters. The van der Waals surface area contributed by atoms with Crippen LogP contribution in [0.1, 0.15) is 24.4 Å². The Bertz CT molecular complexity index is 395. The first kappa shape index (κ1) is 20.2. The van der Waals surface area contributed by atoms with Crippen molar-refractivity contribution in [1.82, 2.24) is 10.2 Å². The molecule has 0 radical (unpaired) electrons. The molecular formula is C15H23Cl2IN2. The van der Waals surface area contributed by atoms with Crippen molar-refractivity contribution in [1.29, 1.82) is 0 Å². The van der Waals surface area contributed by atoms with Crippen LogP contribution in [0.2, 0.25) is 0 Å². The SMILES string of the molecule is C=CCC[C@@H](c1cccc(I)c1)N1CCNCC1.Cl.Cl. The maximum atomic E-state index is 3.86. The first-order valence-electron chi connectivity index (χ1n) is 6.62. The van der Waals surface area contributed by atoms with Crippen LogP contribution in [0.4, 0.5) is 0 Å². The van der Waals surface area contributed by atoms with Crippen molar-refractivity contribution in [2.24, 2.45) is 0 Å². The molecule has 1 fully saturated rings. The van der Waals surface area contributed by atoms with Crippen molar-refractivity contribution in [3.8, 4) is 0 Å². The fourth-order valence-corrected chi connectivity index (χ4v) is 3.11. The summed E-state index contributed by atoms with van der Waals surface area (Å²) in [6.07, 6.45) is 4.28. The predicted molar refractivity (Wildman–Crippen MR) is 100 cm³/mol. The van der Waals surface area contributed by atoms with E-state index < -0.39 is 0 Å². The molecule has 0 aromatic heterocycles. The molecule has 0 amide bonds. The Hall–Kier alpha value is 0.190. The van der Waals surface area contributed by atoms with Gasteiger partial charge in [0.1, 0.15) is 0 Å². The third kappa shape index (κ3) is 5.90. The number of hydrogen-bond acceptors (Lipinski definition) is 2. The van der Waals surface area contributed by atoms with Gasteiger partial charge in [0.25, 0.3) is 0 Å². The Morgan fingerprint density at radius 1 is 1.30 bits per heavy atom. The summed E-state index contributed by atoms with van der Waals surface area (Å²) in [4.78, 5) is 2.60. The smallest absolute Gasteiger partial charge is 0.0352 e. The molecule has 1 aromatic rings. The lowest BCUT2D eigenvalue weighted by molar-refractivity contribution is 0.166. The lowest BCUT2D eigenvalue weighted by Crippen LogP contribution is -2.45. The van der Waals surface area contributed by atoms with Gasteiger partial charge in [0.15, 0.2) is 0 Å². The molecule has 5 heteroatoms. The van der Waals surface area contributed by atoms with Crippen LogP contribution in [0.5, 0.6) is 0 Å². The van der Waals surface area contributed by atoms with Gasteiger partial charge in [-0.05, 0) is 53.1 Å². The Kier molecular flexibility index (Phi) is 11.0. The quantitative estimate of drug-likeness (QED) is 0.562. The number of halogens is 3. The van der Waals surface area contributed by atoms with Crippen molar-refractivity contribution in [3.63, 3.8) is 0 Å². The van der Waals surface area contributed by atoms with Crippen LogP contribution in [-0.4, -0.2) is 31.1 Å². The molecule has 0 bridgehead atoms. The van der Waals surface area contributed by atoms with E-state index in [1.165, 1.54) is 15.6 Å². The minimum Gasteiger partial charge on any atom is -0.314 e. The maximum absolute atomic E-state index is 3.86. The summed E-state index contributed by atoms with van der Waals surface area (Å²) in [5.41, 5.74) is 1.45. The number of benzene rings is 1. The van der Waals surface area contributed by atoms with Gasteiger partial charge >= 0.3 is 0 Å². The number of nitrogens with one attached hydrogen (secondary N) is 1. The van der Waals surface area contributed by atoms with Crippen molar-refractivity contribution >= 4 is 47.4 Å². The van der Waals surface area contributed by atoms with E-state index in [9.17, 15) is 0 Å². The lowest BCUT2D eigenvalue weighted by atomic mass is 9.99. The minimum atomic E-state index is 0. The summed E-state index contributed by atoms with van der Waals surface area (Å²) in [5.74, 6) is 0. The van der Waals surface area contributed by atoms with E-state index in [-0.39, 0.29) is 24.8 Å². The first-order valence-corrected chi connectivity index (χ1v) is 7.70. The van der Waals surface area contributed by atoms with Crippen molar-refractivity contribution < 1.29 is 0 Å². The van der Waals surface area contributed by atoms with E-state index in [1.54, 1.807) is 0 Å². The average Bonchev–Trinajstić information content (AvgIpc) is 2.40. The average molecular weight is 429 g/mol. The molecule has 1 heterocycles. The fourth-order valence-electron chi connectivity index (χ4n) is 2.54. The van der Waals surface area contributed by atoms with Crippen LogP contribution < -0.4 is 5.32 Å². The van der Waals surface area contributed by atoms with Crippen LogP contribution in [-0.2, 0) is 0 Å². The van der Waals surface area contributed by atoms with E-state index in [1.807, 2.05) is 6.08 Å². The van der Waals surface area contributed by atoms with Crippen LogP contribution in [0.25, 0.3) is 0 Å². The molecule has 0 spiro atoms. The topological polar surface area (TPSA) is 15.3 Å². The standard InChI is InChI=1S/C15H21IN2.2ClH/c1-2-3-7-15(18-10-8-17-9-11-18)13-5-4-6-14(16)12-13;;/h2,4-6,12,15,17H,1,3,7-11H2;2*1H/t15-;;/m0../s1. The molecule has 1 saturated heterocycles. The van der Waals surface area contributed by atoms with E-state index in [0.717, 1.165) is 32.6 Å². The van der Waals surface area contributed by atoms with E-state index in [0.29, 0.717) is 6.04 Å². The largest absolute Gasteiger partial charge is 0.314 e. The van der Waals surface area contributed by atoms with Crippen molar-refractivity contribution in [2.75, 3.05) is 26.2 Å². The first-order chi connectivity index (χ1) is 8.81. The Morgan fingerprint density at radius 2 is 2.00 bits per heavy atom. The summed E-state index contributed by atoms with van der Waals surface area (Å²) < 4.78 is 1.32. The molecule has 20 heavy (non-hydrogen) atoms. The Morgan fingerprint density at radius 3 is 2.60 bits per heavy atom. The molecule has 114 valence electrons. The maximum Gasteiger partial charge on any atom is 0.0352 e. The molecular weight excluding hydrogens is 406 g/mol. The Labute approximate surface area is 148 Å². The van der Waals surface area contributed by atoms with Gasteiger partial charge < -0.3 is 5.32 Å². The second kappa shape index (κ2) is 10.9. The number of rotatable bonds is 5. The van der Waals surface area contributed by atoms with Gasteiger partial charge in [-0.1, -0.05) is 18.2 Å². The van der Waals surface area contributed by atoms with Gasteiger partial charge in [-0.15, -0.1) is 31.4 Å². The third-order valence-corrected chi connectivity index (χ3v) is 4.14. The highest BCUT2D eigenvalue weighted by atomic mass is 127. The summed E-state index contributed by atoms with van der Waals surface area (Å²) in [6, 6.07) is 9.45. The molecule has 1 aromatic carbocycles. The number of nitrogens with zero attached hydrogens (tertiary/aromatic N) is 1. The van der Waals surface area contributed by atoms with E-state index in [2.05, 4.69) is 63.7 Å². The molecule has 1 aliphatic heterocycles. The van der Waals surface area contributed by atoms with E-state index >= 15 is 0 Å². The monoisotopic (exact) mass is 428 g/mol. The summed E-state index contributed by atoms with van der Waals surface area (Å²) in [5, 5.41) is 3.43. The zero-order valence-electron chi connectivity index (χ0n) is 11.6. The summed E-state index contributed by atoms with van der Waals surface area (Å²) in [7, 11) is 0. The van der Waals surface area contributed by atoms with Crippen LogP contribution in [0.3, 0.4) is 0 Å². The normalized spacial score (nSPS) is 16.6. The van der Waals surface area contributed by atoms with Gasteiger partial charge in [0.2, 0.25) is 0 Å². The zero-order chi connectivity index (χ0) is 12.8. The minimum absolute atomic E-state index is 0. The lowest BCUT2D eigenvalue weighted by Gasteiger charge is -2.35. The highest BCUT2D eigenvalue weighted by Gasteiger charge is 2.21. The van der Waals surface area contributed by atoms with Crippen molar-refractivity contribution in [3.05, 3.63) is 46.1 Å². The highest BCUT2D eigenvalue weighted by Crippen LogP contribution is 2.27. The summed E-state index contributed by atoms with van der Waals surface area (Å²) >= 11 is 2.40. The zero-order valence-corrected chi connectivity index (χ0v) is 15.3. The second-order valence-corrected chi connectivity index (χ2v) is 5.97. The van der Waals surface area contributed by atoms with Crippen LogP contribution in [0.15, 0.2) is 36.9 Å². The predicted octanol–water partition coefficient (Wildman–Crippen LogP) is 4.05. The molecule has 2 rings (SSSR count). The highest BCUT2D eigenvalue weighted by molar-refractivity contribution is 14.1. The van der Waals surface area contributed by atoms with Gasteiger partial charge in [-0.2, -0.15) is 0 Å². The van der Waals surface area contributed by atoms with Crippen LogP contribution >= 0.6 is 47.4 Å². The Balaban J connectivity index is 0.00000180. The van der Waals surface area contributed by atoms with Gasteiger partial charge in [0.05, 0.1) is 0 Å².